The number of nitrogens with one attached hydrogen (secondary N) is 2. The van der Waals surface area contributed by atoms with Gasteiger partial charge in [0.1, 0.15) is 10.4 Å². The normalized spacial score (nSPS) is 11.0. The molecule has 0 saturated carbocycles. The number of fused-ring (bicyclic) bond motifs is 1. The number of aromatic amines is 1. The number of hydrogen-bond donors (Lipinski definition) is 2. The van der Waals surface area contributed by atoms with E-state index in [0.717, 1.165) is 34.3 Å². The maximum Gasteiger partial charge on any atom is 0.271 e. The van der Waals surface area contributed by atoms with Crippen LogP contribution in [0.5, 0.6) is 5.75 Å². The number of rotatable bonds is 6. The highest BCUT2D eigenvalue weighted by atomic mass is 32.2. The van der Waals surface area contributed by atoms with E-state index >= 15 is 0 Å². The van der Waals surface area contributed by atoms with E-state index in [1.54, 1.807) is 11.7 Å². The minimum absolute atomic E-state index is 0.103. The molecule has 0 spiro atoms. The quantitative estimate of drug-likeness (QED) is 0.231. The smallest absolute Gasteiger partial charge is 0.271 e. The number of nitrogens with zero attached hydrogens (tertiary/aromatic N) is 2. The van der Waals surface area contributed by atoms with Gasteiger partial charge in [-0.2, -0.15) is 0 Å². The van der Waals surface area contributed by atoms with Crippen molar-refractivity contribution in [1.29, 1.82) is 0 Å². The minimum atomic E-state index is -0.287. The topological polar surface area (TPSA) is 89.0 Å². The molecule has 2 heterocycles. The van der Waals surface area contributed by atoms with Crippen molar-refractivity contribution in [3.05, 3.63) is 67.9 Å². The summed E-state index contributed by atoms with van der Waals surface area (Å²) in [4.78, 5) is 32.5. The van der Waals surface area contributed by atoms with Crippen LogP contribution >= 0.6 is 35.3 Å². The predicted octanol–water partition coefficient (Wildman–Crippen LogP) is 4.86. The zero-order chi connectivity index (χ0) is 22.8. The van der Waals surface area contributed by atoms with Crippen molar-refractivity contribution in [2.45, 2.75) is 19.0 Å². The van der Waals surface area contributed by atoms with Crippen LogP contribution in [0.2, 0.25) is 0 Å². The van der Waals surface area contributed by atoms with E-state index in [9.17, 15) is 9.59 Å². The average molecular weight is 485 g/mol. The third-order valence-electron chi connectivity index (χ3n) is 4.74. The van der Waals surface area contributed by atoms with E-state index in [1.165, 1.54) is 11.3 Å². The third-order valence-corrected chi connectivity index (χ3v) is 6.97. The first-order chi connectivity index (χ1) is 15.4. The first kappa shape index (κ1) is 22.3. The second-order valence-electron chi connectivity index (χ2n) is 7.08. The van der Waals surface area contributed by atoms with Crippen molar-refractivity contribution < 1.29 is 9.53 Å². The molecule has 0 radical (unpaired) electrons. The number of anilines is 1. The Morgan fingerprint density at radius 1 is 1.28 bits per heavy atom. The van der Waals surface area contributed by atoms with E-state index < -0.39 is 0 Å². The molecule has 0 saturated heterocycles. The summed E-state index contributed by atoms with van der Waals surface area (Å²) in [7, 11) is 1.59. The van der Waals surface area contributed by atoms with Gasteiger partial charge in [-0.15, -0.1) is 0 Å². The van der Waals surface area contributed by atoms with E-state index in [4.69, 9.17) is 17.0 Å². The molecule has 0 atom stereocenters. The lowest BCUT2D eigenvalue weighted by Gasteiger charge is -2.09. The Labute approximate surface area is 197 Å². The zero-order valence-electron chi connectivity index (χ0n) is 17.6. The molecule has 2 aromatic carbocycles. The van der Waals surface area contributed by atoms with Crippen LogP contribution in [-0.4, -0.2) is 33.3 Å². The molecule has 2 N–H and O–H groups in total. The van der Waals surface area contributed by atoms with Gasteiger partial charge in [-0.25, -0.2) is 4.98 Å². The molecule has 7 nitrogen and oxygen atoms in total. The van der Waals surface area contributed by atoms with Gasteiger partial charge in [0, 0.05) is 11.8 Å². The van der Waals surface area contributed by atoms with Gasteiger partial charge >= 0.3 is 0 Å². The fourth-order valence-electron chi connectivity index (χ4n) is 3.13. The van der Waals surface area contributed by atoms with Crippen molar-refractivity contribution in [2.75, 3.05) is 18.2 Å². The molecule has 0 aliphatic heterocycles. The third kappa shape index (κ3) is 4.62. The summed E-state index contributed by atoms with van der Waals surface area (Å²) in [5.74, 6) is 0.596. The molecule has 2 aromatic heterocycles. The summed E-state index contributed by atoms with van der Waals surface area (Å²) in [6.07, 6.45) is 0. The monoisotopic (exact) mass is 484 g/mol. The second kappa shape index (κ2) is 9.27. The van der Waals surface area contributed by atoms with Gasteiger partial charge in [-0.3, -0.25) is 14.2 Å². The van der Waals surface area contributed by atoms with Crippen LogP contribution in [0.15, 0.2) is 52.4 Å². The van der Waals surface area contributed by atoms with Crippen molar-refractivity contribution in [2.24, 2.45) is 0 Å². The van der Waals surface area contributed by atoms with Crippen molar-refractivity contribution in [1.82, 2.24) is 14.5 Å². The number of ether oxygens (including phenoxy) is 1. The fourth-order valence-corrected chi connectivity index (χ4v) is 5.06. The van der Waals surface area contributed by atoms with E-state index in [2.05, 4.69) is 15.3 Å². The van der Waals surface area contributed by atoms with Crippen molar-refractivity contribution >= 4 is 57.3 Å². The van der Waals surface area contributed by atoms with E-state index in [1.807, 2.05) is 56.3 Å². The van der Waals surface area contributed by atoms with Crippen molar-refractivity contribution in [3.8, 4) is 11.4 Å². The van der Waals surface area contributed by atoms with Gasteiger partial charge in [-0.05, 0) is 55.4 Å². The summed E-state index contributed by atoms with van der Waals surface area (Å²) >= 11 is 7.85. The molecular formula is C22H20N4O3S3. The van der Waals surface area contributed by atoms with Crippen LogP contribution in [0.1, 0.15) is 11.1 Å². The van der Waals surface area contributed by atoms with Crippen LogP contribution in [0.3, 0.4) is 0 Å². The number of H-pyrrole nitrogens is 1. The van der Waals surface area contributed by atoms with Gasteiger partial charge in [0.05, 0.1) is 18.6 Å². The Morgan fingerprint density at radius 3 is 2.88 bits per heavy atom. The van der Waals surface area contributed by atoms with E-state index in [-0.39, 0.29) is 17.2 Å². The van der Waals surface area contributed by atoms with Gasteiger partial charge in [0.15, 0.2) is 14.8 Å². The number of hydrogen-bond acceptors (Lipinski definition) is 7. The van der Waals surface area contributed by atoms with Crippen LogP contribution in [0.25, 0.3) is 16.0 Å². The molecule has 0 unspecified atom stereocenters. The molecule has 0 bridgehead atoms. The number of carbonyl (C=O) groups excluding carboxylic acids is 1. The van der Waals surface area contributed by atoms with Crippen molar-refractivity contribution in [3.63, 3.8) is 0 Å². The van der Waals surface area contributed by atoms with Crippen LogP contribution in [0, 0.1) is 17.8 Å². The maximum absolute atomic E-state index is 12.7. The molecule has 164 valence electrons. The van der Waals surface area contributed by atoms with E-state index in [0.29, 0.717) is 25.2 Å². The van der Waals surface area contributed by atoms with Crippen LogP contribution in [0.4, 0.5) is 5.69 Å². The maximum atomic E-state index is 12.7. The lowest BCUT2D eigenvalue weighted by molar-refractivity contribution is -0.113. The number of benzene rings is 2. The van der Waals surface area contributed by atoms with Crippen LogP contribution in [-0.2, 0) is 4.79 Å². The molecule has 0 aliphatic carbocycles. The highest BCUT2D eigenvalue weighted by molar-refractivity contribution is 7.99. The summed E-state index contributed by atoms with van der Waals surface area (Å²) in [6, 6.07) is 13.3. The SMILES string of the molecule is COc1cccc(-n2c(=S)sc3c(=O)[nH]c(SCC(=O)Nc4cc(C)ccc4C)nc32)c1. The number of aryl methyl sites for hydroxylation is 2. The second-order valence-corrected chi connectivity index (χ2v) is 9.69. The molecule has 0 fully saturated rings. The molecular weight excluding hydrogens is 464 g/mol. The zero-order valence-corrected chi connectivity index (χ0v) is 20.0. The Morgan fingerprint density at radius 2 is 2.09 bits per heavy atom. The number of carbonyl (C=O) groups is 1. The summed E-state index contributed by atoms with van der Waals surface area (Å²) in [5.41, 5.74) is 3.74. The largest absolute Gasteiger partial charge is 0.497 e. The lowest BCUT2D eigenvalue weighted by atomic mass is 10.1. The fraction of sp³-hybridized carbons (Fsp3) is 0.182. The molecule has 32 heavy (non-hydrogen) atoms. The molecule has 10 heteroatoms. The Kier molecular flexibility index (Phi) is 6.45. The Bertz CT molecular complexity index is 1440. The Hall–Kier alpha value is -2.95. The first-order valence-corrected chi connectivity index (χ1v) is 11.9. The standard InChI is InChI=1S/C22H20N4O3S3/c1-12-7-8-13(2)16(9-12)23-17(27)11-31-21-24-19-18(20(28)25-21)32-22(30)26(19)14-5-4-6-15(10-14)29-3/h4-10H,11H2,1-3H3,(H,23,27)(H,24,25,28). The average Bonchev–Trinajstić information content (AvgIpc) is 3.11. The summed E-state index contributed by atoms with van der Waals surface area (Å²) in [5, 5.41) is 3.26. The molecule has 1 amide bonds. The highest BCUT2D eigenvalue weighted by Crippen LogP contribution is 2.26. The summed E-state index contributed by atoms with van der Waals surface area (Å²) in [6.45, 7) is 3.91. The number of thiazole rings is 1. The van der Waals surface area contributed by atoms with Gasteiger partial charge in [0.2, 0.25) is 5.91 Å². The van der Waals surface area contributed by atoms with Crippen LogP contribution < -0.4 is 15.6 Å². The number of amides is 1. The predicted molar refractivity (Wildman–Crippen MR) is 132 cm³/mol. The lowest BCUT2D eigenvalue weighted by Crippen LogP contribution is -2.16. The highest BCUT2D eigenvalue weighted by Gasteiger charge is 2.15. The molecule has 4 rings (SSSR count). The van der Waals surface area contributed by atoms with Gasteiger partial charge in [0.25, 0.3) is 5.56 Å². The molecule has 4 aromatic rings. The van der Waals surface area contributed by atoms with Gasteiger partial charge < -0.3 is 15.0 Å². The molecule has 0 aliphatic rings. The number of thioether (sulfide) groups is 1. The van der Waals surface area contributed by atoms with Gasteiger partial charge in [-0.1, -0.05) is 41.3 Å². The number of aromatic nitrogens is 3. The first-order valence-electron chi connectivity index (χ1n) is 9.66. The minimum Gasteiger partial charge on any atom is -0.497 e. The summed E-state index contributed by atoms with van der Waals surface area (Å²) < 4.78 is 7.98. The number of methoxy groups -OCH3 is 1. The Balaban J connectivity index is 1.61.